The second kappa shape index (κ2) is 7.85. The Morgan fingerprint density at radius 2 is 2.15 bits per heavy atom. The molecule has 0 bridgehead atoms. The van der Waals surface area contributed by atoms with E-state index in [1.54, 1.807) is 17.0 Å². The van der Waals surface area contributed by atoms with Crippen LogP contribution in [0.3, 0.4) is 0 Å². The number of halogens is 1. The number of aromatic nitrogens is 3. The topological polar surface area (TPSA) is 80.1 Å². The maximum absolute atomic E-state index is 14.1. The van der Waals surface area contributed by atoms with Crippen LogP contribution in [0.4, 0.5) is 4.39 Å². The van der Waals surface area contributed by atoms with E-state index in [-0.39, 0.29) is 42.6 Å². The van der Waals surface area contributed by atoms with Crippen molar-refractivity contribution in [3.8, 4) is 0 Å². The number of amides is 2. The maximum atomic E-state index is 14.1. The fourth-order valence-electron chi connectivity index (χ4n) is 3.27. The zero-order chi connectivity index (χ0) is 19.6. The van der Waals surface area contributed by atoms with Crippen molar-refractivity contribution in [1.82, 2.24) is 25.2 Å². The number of benzene rings is 1. The van der Waals surface area contributed by atoms with Crippen molar-refractivity contribution < 1.29 is 14.0 Å². The van der Waals surface area contributed by atoms with Crippen LogP contribution in [-0.2, 0) is 6.54 Å². The molecule has 2 atom stereocenters. The molecule has 0 aliphatic carbocycles. The highest BCUT2D eigenvalue weighted by molar-refractivity contribution is 5.95. The molecular weight excluding hydrogens is 349 g/mol. The molecule has 1 fully saturated rings. The molecule has 0 saturated carbocycles. The monoisotopic (exact) mass is 373 g/mol. The third-order valence-corrected chi connectivity index (χ3v) is 4.48. The van der Waals surface area contributed by atoms with Crippen LogP contribution in [0.2, 0.25) is 0 Å². The van der Waals surface area contributed by atoms with Gasteiger partial charge in [0.15, 0.2) is 5.69 Å². The number of likely N-dealkylation sites (tertiary alicyclic amines) is 1. The molecule has 1 aromatic carbocycles. The Morgan fingerprint density at radius 3 is 2.85 bits per heavy atom. The molecule has 1 aromatic heterocycles. The average Bonchev–Trinajstić information content (AvgIpc) is 3.20. The first-order chi connectivity index (χ1) is 12.8. The van der Waals surface area contributed by atoms with Crippen LogP contribution in [0, 0.1) is 6.92 Å². The number of aryl methyl sites for hydroxylation is 1. The number of hydrogen-bond donors (Lipinski definition) is 1. The van der Waals surface area contributed by atoms with E-state index in [0.717, 1.165) is 5.56 Å². The minimum Gasteiger partial charge on any atom is -0.348 e. The van der Waals surface area contributed by atoms with Gasteiger partial charge in [-0.3, -0.25) is 9.59 Å². The van der Waals surface area contributed by atoms with E-state index in [1.165, 1.54) is 10.9 Å². The Labute approximate surface area is 157 Å². The number of carbonyl (C=O) groups excluding carboxylic acids is 2. The molecule has 144 valence electrons. The summed E-state index contributed by atoms with van der Waals surface area (Å²) in [6, 6.07) is 6.92. The smallest absolute Gasteiger partial charge is 0.273 e. The molecule has 2 amide bonds. The van der Waals surface area contributed by atoms with Gasteiger partial charge in [0.1, 0.15) is 6.17 Å². The van der Waals surface area contributed by atoms with Gasteiger partial charge in [-0.15, -0.1) is 5.10 Å². The lowest BCUT2D eigenvalue weighted by atomic mass is 10.1. The summed E-state index contributed by atoms with van der Waals surface area (Å²) in [5.74, 6) is -0.500. The molecule has 1 saturated heterocycles. The first-order valence-electron chi connectivity index (χ1n) is 9.06. The second-order valence-corrected chi connectivity index (χ2v) is 7.27. The van der Waals surface area contributed by atoms with Crippen LogP contribution in [0.5, 0.6) is 0 Å². The number of hydrogen-bond acceptors (Lipinski definition) is 4. The zero-order valence-electron chi connectivity index (χ0n) is 15.7. The van der Waals surface area contributed by atoms with E-state index in [1.807, 2.05) is 32.9 Å². The molecule has 27 heavy (non-hydrogen) atoms. The molecule has 2 unspecified atom stereocenters. The lowest BCUT2D eigenvalue weighted by molar-refractivity contribution is 0.0714. The Balaban J connectivity index is 1.72. The van der Waals surface area contributed by atoms with Crippen LogP contribution >= 0.6 is 0 Å². The molecule has 1 aliphatic heterocycles. The summed E-state index contributed by atoms with van der Waals surface area (Å²) in [4.78, 5) is 26.4. The highest BCUT2D eigenvalue weighted by Crippen LogP contribution is 2.24. The largest absolute Gasteiger partial charge is 0.348 e. The van der Waals surface area contributed by atoms with Crippen LogP contribution in [-0.4, -0.2) is 56.5 Å². The molecule has 8 heteroatoms. The van der Waals surface area contributed by atoms with Crippen LogP contribution < -0.4 is 5.32 Å². The van der Waals surface area contributed by atoms with Gasteiger partial charge in [-0.05, 0) is 32.9 Å². The van der Waals surface area contributed by atoms with Gasteiger partial charge in [0.05, 0.1) is 25.3 Å². The first kappa shape index (κ1) is 19.0. The fraction of sp³-hybridized carbons (Fsp3) is 0.474. The number of rotatable bonds is 5. The number of nitrogens with one attached hydrogen (secondary N) is 1. The summed E-state index contributed by atoms with van der Waals surface area (Å²) in [6.45, 7) is 5.98. The van der Waals surface area contributed by atoms with Gasteiger partial charge in [-0.25, -0.2) is 9.07 Å². The molecule has 1 aliphatic rings. The first-order valence-corrected chi connectivity index (χ1v) is 9.06. The maximum Gasteiger partial charge on any atom is 0.273 e. The number of alkyl halides is 1. The SMILES string of the molecule is Cc1cccc(C(=O)N2CC(F)CC2Cn2cc(C(=O)NC(C)C)nn2)c1. The van der Waals surface area contributed by atoms with Crippen molar-refractivity contribution in [2.75, 3.05) is 6.54 Å². The third-order valence-electron chi connectivity index (χ3n) is 4.48. The molecule has 1 N–H and O–H groups in total. The average molecular weight is 373 g/mol. The van der Waals surface area contributed by atoms with E-state index in [4.69, 9.17) is 0 Å². The number of carbonyl (C=O) groups is 2. The highest BCUT2D eigenvalue weighted by atomic mass is 19.1. The van der Waals surface area contributed by atoms with E-state index in [0.29, 0.717) is 12.1 Å². The van der Waals surface area contributed by atoms with Gasteiger partial charge < -0.3 is 10.2 Å². The molecule has 0 spiro atoms. The van der Waals surface area contributed by atoms with Crippen molar-refractivity contribution in [3.05, 3.63) is 47.3 Å². The molecule has 2 aromatic rings. The van der Waals surface area contributed by atoms with Crippen LogP contribution in [0.15, 0.2) is 30.5 Å². The van der Waals surface area contributed by atoms with Gasteiger partial charge in [0, 0.05) is 18.0 Å². The van der Waals surface area contributed by atoms with E-state index < -0.39 is 6.17 Å². The van der Waals surface area contributed by atoms with Crippen molar-refractivity contribution in [1.29, 1.82) is 0 Å². The van der Waals surface area contributed by atoms with E-state index in [2.05, 4.69) is 15.6 Å². The Kier molecular flexibility index (Phi) is 5.53. The van der Waals surface area contributed by atoms with E-state index in [9.17, 15) is 14.0 Å². The van der Waals surface area contributed by atoms with Gasteiger partial charge >= 0.3 is 0 Å². The number of nitrogens with zero attached hydrogens (tertiary/aromatic N) is 4. The van der Waals surface area contributed by atoms with Crippen molar-refractivity contribution in [2.45, 2.75) is 52.0 Å². The van der Waals surface area contributed by atoms with E-state index >= 15 is 0 Å². The summed E-state index contributed by atoms with van der Waals surface area (Å²) in [5.41, 5.74) is 1.73. The quantitative estimate of drug-likeness (QED) is 0.869. The Morgan fingerprint density at radius 1 is 1.37 bits per heavy atom. The normalized spacial score (nSPS) is 19.5. The lowest BCUT2D eigenvalue weighted by Gasteiger charge is -2.24. The molecule has 3 rings (SSSR count). The zero-order valence-corrected chi connectivity index (χ0v) is 15.7. The summed E-state index contributed by atoms with van der Waals surface area (Å²) >= 11 is 0. The Hall–Kier alpha value is -2.77. The molecule has 7 nitrogen and oxygen atoms in total. The summed E-state index contributed by atoms with van der Waals surface area (Å²) < 4.78 is 15.5. The van der Waals surface area contributed by atoms with Gasteiger partial charge in [-0.2, -0.15) is 0 Å². The Bertz CT molecular complexity index is 835. The predicted octanol–water partition coefficient (Wildman–Crippen LogP) is 1.98. The highest BCUT2D eigenvalue weighted by Gasteiger charge is 2.36. The minimum atomic E-state index is -1.07. The standard InChI is InChI=1S/C19H24FN5O2/c1-12(2)21-18(26)17-11-24(23-22-17)10-16-8-15(20)9-25(16)19(27)14-6-4-5-13(3)7-14/h4-7,11-12,15-16H,8-10H2,1-3H3,(H,21,26). The van der Waals surface area contributed by atoms with Crippen LogP contribution in [0.25, 0.3) is 0 Å². The summed E-state index contributed by atoms with van der Waals surface area (Å²) in [6.07, 6.45) is 0.694. The molecule has 2 heterocycles. The predicted molar refractivity (Wildman–Crippen MR) is 98.1 cm³/mol. The molecule has 0 radical (unpaired) electrons. The summed E-state index contributed by atoms with van der Waals surface area (Å²) in [5, 5.41) is 10.6. The second-order valence-electron chi connectivity index (χ2n) is 7.27. The third kappa shape index (κ3) is 4.50. The minimum absolute atomic E-state index is 0.00720. The van der Waals surface area contributed by atoms with Gasteiger partial charge in [0.2, 0.25) is 0 Å². The van der Waals surface area contributed by atoms with Gasteiger partial charge in [-0.1, -0.05) is 22.9 Å². The van der Waals surface area contributed by atoms with Crippen LogP contribution in [0.1, 0.15) is 46.7 Å². The van der Waals surface area contributed by atoms with Crippen molar-refractivity contribution in [2.24, 2.45) is 0 Å². The lowest BCUT2D eigenvalue weighted by Crippen LogP contribution is -2.38. The van der Waals surface area contributed by atoms with Crippen molar-refractivity contribution in [3.63, 3.8) is 0 Å². The fourth-order valence-corrected chi connectivity index (χ4v) is 3.27. The summed E-state index contributed by atoms with van der Waals surface area (Å²) in [7, 11) is 0. The van der Waals surface area contributed by atoms with Crippen molar-refractivity contribution >= 4 is 11.8 Å². The van der Waals surface area contributed by atoms with Gasteiger partial charge in [0.25, 0.3) is 11.8 Å². The molecular formula is C19H24FN5O2.